The van der Waals surface area contributed by atoms with Gasteiger partial charge in [-0.05, 0) is 234 Å². The molecule has 0 aromatic heterocycles. The summed E-state index contributed by atoms with van der Waals surface area (Å²) in [6.45, 7) is 9.12. The molecule has 5 amide bonds. The minimum atomic E-state index is -0.0264. The van der Waals surface area contributed by atoms with E-state index in [1.807, 2.05) is 282 Å². The van der Waals surface area contributed by atoms with Crippen LogP contribution in [0.15, 0.2) is 400 Å². The van der Waals surface area contributed by atoms with Crippen LogP contribution in [0.25, 0.3) is 64.6 Å². The van der Waals surface area contributed by atoms with Crippen LogP contribution in [0.5, 0.6) is 11.5 Å². The summed E-state index contributed by atoms with van der Waals surface area (Å²) >= 11 is 0. The first kappa shape index (κ1) is 90.0. The first-order valence-electron chi connectivity index (χ1n) is 43.1. The molecule has 0 bridgehead atoms. The summed E-state index contributed by atoms with van der Waals surface area (Å²) < 4.78 is 10.3. The van der Waals surface area contributed by atoms with Crippen molar-refractivity contribution in [3.8, 4) is 11.5 Å². The number of ether oxygens (including phenoxy) is 2. The second-order valence-corrected chi connectivity index (χ2v) is 31.3. The molecule has 0 fully saturated rings. The monoisotopic (exact) mass is 1680 g/mol. The Labute approximate surface area is 749 Å². The summed E-state index contributed by atoms with van der Waals surface area (Å²) in [7, 11) is 3.30. The molecule has 0 heterocycles. The van der Waals surface area contributed by atoms with E-state index in [1.54, 1.807) is 14.2 Å². The van der Waals surface area contributed by atoms with Crippen molar-refractivity contribution < 1.29 is 33.4 Å². The fraction of sp³-hybridized carbons (Fsp3) is 0.122. The molecular formula is C115H106N6O7. The Balaban J connectivity index is 0.000000131. The van der Waals surface area contributed by atoms with Crippen molar-refractivity contribution >= 4 is 128 Å². The average molecular weight is 1680 g/mol. The van der Waals surface area contributed by atoms with Crippen molar-refractivity contribution in [1.82, 2.24) is 0 Å². The van der Waals surface area contributed by atoms with Gasteiger partial charge < -0.3 is 41.4 Å². The van der Waals surface area contributed by atoms with Crippen LogP contribution in [0.4, 0.5) is 34.1 Å². The zero-order valence-corrected chi connectivity index (χ0v) is 73.1. The topological polar surface area (TPSA) is 176 Å². The molecule has 0 saturated carbocycles. The molecule has 0 aliphatic carbocycles. The minimum absolute atomic E-state index is 0.00846. The molecule has 18 rings (SSSR count). The van der Waals surface area contributed by atoms with Crippen LogP contribution in [-0.2, 0) is 68.9 Å². The van der Waals surface area contributed by atoms with Gasteiger partial charge in [0.25, 0.3) is 0 Å². The molecule has 128 heavy (non-hydrogen) atoms. The molecule has 0 saturated heterocycles. The number of anilines is 6. The highest BCUT2D eigenvalue weighted by atomic mass is 16.5. The molecule has 0 radical (unpaired) electrons. The van der Waals surface area contributed by atoms with E-state index in [4.69, 9.17) is 9.47 Å². The molecule has 0 aliphatic rings. The SMILES string of the molecule is CCc1ccc(NC(=O)Cc2ccc3ccccc3c2)cc1.COc1ccc(NC(=O)Cc2cccc3ccccc23)cc1.COc1ccc(NCCc2cccc3ccccc23)cc1.Cc1ccc(NC(=O)Cc2ccc3ccccc3c2)cc1.Cc1ccc(NC(=O)Cc2cccc3ccccc23)cc1.Cc1ccc(NC(=O)Cc2cccc3ccccc23)cc1. The summed E-state index contributed by atoms with van der Waals surface area (Å²) in [5.41, 5.74) is 16.7. The largest absolute Gasteiger partial charge is 0.497 e. The second kappa shape index (κ2) is 46.1. The molecule has 18 aromatic carbocycles. The summed E-state index contributed by atoms with van der Waals surface area (Å²) in [5.74, 6) is 1.67. The number of carbonyl (C=O) groups excluding carboxylic acids is 5. The standard InChI is InChI=1S/C20H19NO.C19H17NO2.C19H19NO.3C19H17NO/c1-2-15-8-11-19(12-9-15)21-20(22)14-16-7-10-17-5-3-4-6-18(17)13-16;1-22-17-11-9-16(10-12-17)20-19(21)13-15-7-4-6-14-5-2-3-8-18(14)15;1-21-18-11-9-17(10-12-18)20-14-13-16-7-4-6-15-5-2-3-8-19(15)16;2*1-14-9-11-17(12-10-14)20-19(21)13-16-7-4-6-15-5-2-3-8-18(15)16;1-14-6-10-18(11-7-14)20-19(21)13-15-8-9-16-4-2-3-5-17(16)12-15/h3-13H,2,14H2,1H3,(H,21,22);2-12H,13H2,1H3,(H,20,21);2-12,20H,13-14H2,1H3;3*2-12H,13H2,1H3,(H,20,21). The number of methoxy groups -OCH3 is 2. The van der Waals surface area contributed by atoms with Crippen molar-refractivity contribution in [1.29, 1.82) is 0 Å². The molecule has 0 spiro atoms. The highest BCUT2D eigenvalue weighted by molar-refractivity contribution is 6.00. The number of amides is 5. The van der Waals surface area contributed by atoms with Crippen molar-refractivity contribution in [2.75, 3.05) is 52.7 Å². The Morgan fingerprint density at radius 1 is 0.234 bits per heavy atom. The third kappa shape index (κ3) is 27.1. The maximum atomic E-state index is 12.2. The summed E-state index contributed by atoms with van der Waals surface area (Å²) in [4.78, 5) is 60.9. The second-order valence-electron chi connectivity index (χ2n) is 31.3. The molecule has 0 atom stereocenters. The number of carbonyl (C=O) groups is 5. The Bertz CT molecular complexity index is 6570. The summed E-state index contributed by atoms with van der Waals surface area (Å²) in [5, 5.41) is 32.4. The van der Waals surface area contributed by atoms with Gasteiger partial charge in [-0.3, -0.25) is 24.0 Å². The van der Waals surface area contributed by atoms with E-state index in [2.05, 4.69) is 178 Å². The minimum Gasteiger partial charge on any atom is -0.497 e. The maximum absolute atomic E-state index is 12.2. The van der Waals surface area contributed by atoms with Gasteiger partial charge >= 0.3 is 0 Å². The third-order valence-corrected chi connectivity index (χ3v) is 21.8. The van der Waals surface area contributed by atoms with Crippen LogP contribution >= 0.6 is 0 Å². The third-order valence-electron chi connectivity index (χ3n) is 21.8. The Morgan fingerprint density at radius 3 is 0.805 bits per heavy atom. The Hall–Kier alpha value is -15.7. The zero-order valence-electron chi connectivity index (χ0n) is 73.1. The molecule has 638 valence electrons. The van der Waals surface area contributed by atoms with E-state index >= 15 is 0 Å². The number of hydrogen-bond donors (Lipinski definition) is 6. The van der Waals surface area contributed by atoms with Gasteiger partial charge in [0, 0.05) is 40.7 Å². The predicted octanol–water partition coefficient (Wildman–Crippen LogP) is 26.1. The van der Waals surface area contributed by atoms with E-state index in [0.29, 0.717) is 32.1 Å². The van der Waals surface area contributed by atoms with Crippen LogP contribution in [0, 0.1) is 20.8 Å². The van der Waals surface area contributed by atoms with Gasteiger partial charge in [-0.1, -0.05) is 327 Å². The maximum Gasteiger partial charge on any atom is 0.228 e. The van der Waals surface area contributed by atoms with Crippen molar-refractivity contribution in [2.24, 2.45) is 0 Å². The van der Waals surface area contributed by atoms with E-state index < -0.39 is 0 Å². The van der Waals surface area contributed by atoms with E-state index in [9.17, 15) is 24.0 Å². The predicted molar refractivity (Wildman–Crippen MR) is 533 cm³/mol. The highest BCUT2D eigenvalue weighted by Crippen LogP contribution is 2.27. The van der Waals surface area contributed by atoms with E-state index in [-0.39, 0.29) is 29.5 Å². The Morgan fingerprint density at radius 2 is 0.484 bits per heavy atom. The molecular weight excluding hydrogens is 1580 g/mol. The number of benzene rings is 18. The van der Waals surface area contributed by atoms with Gasteiger partial charge in [0.2, 0.25) is 29.5 Å². The lowest BCUT2D eigenvalue weighted by molar-refractivity contribution is -0.116. The molecule has 0 unspecified atom stereocenters. The number of nitrogens with one attached hydrogen (secondary N) is 6. The zero-order chi connectivity index (χ0) is 89.2. The van der Waals surface area contributed by atoms with Gasteiger partial charge in [0.1, 0.15) is 11.5 Å². The van der Waals surface area contributed by atoms with Gasteiger partial charge in [0.15, 0.2) is 0 Å². The Kier molecular flexibility index (Phi) is 32.4. The number of aryl methyl sites for hydroxylation is 4. The average Bonchev–Trinajstić information content (AvgIpc) is 0.764. The molecule has 13 nitrogen and oxygen atoms in total. The quantitative estimate of drug-likeness (QED) is 0.0389. The first-order valence-corrected chi connectivity index (χ1v) is 43.1. The lowest BCUT2D eigenvalue weighted by Gasteiger charge is -2.09. The first-order chi connectivity index (χ1) is 62.5. The summed E-state index contributed by atoms with van der Waals surface area (Å²) in [6.07, 6.45) is 3.91. The van der Waals surface area contributed by atoms with Gasteiger partial charge in [-0.15, -0.1) is 0 Å². The van der Waals surface area contributed by atoms with Crippen LogP contribution in [-0.4, -0.2) is 50.3 Å². The molecule has 18 aromatic rings. The highest BCUT2D eigenvalue weighted by Gasteiger charge is 2.14. The van der Waals surface area contributed by atoms with Crippen molar-refractivity contribution in [3.63, 3.8) is 0 Å². The normalized spacial score (nSPS) is 10.5. The lowest BCUT2D eigenvalue weighted by atomic mass is 10.0. The van der Waals surface area contributed by atoms with Gasteiger partial charge in [0.05, 0.1) is 46.3 Å². The number of rotatable bonds is 22. The molecule has 0 aliphatic heterocycles. The number of hydrogen-bond acceptors (Lipinski definition) is 8. The van der Waals surface area contributed by atoms with Gasteiger partial charge in [-0.2, -0.15) is 0 Å². The van der Waals surface area contributed by atoms with E-state index in [1.165, 1.54) is 54.7 Å². The lowest BCUT2D eigenvalue weighted by Crippen LogP contribution is -2.14. The van der Waals surface area contributed by atoms with Gasteiger partial charge in [-0.25, -0.2) is 0 Å². The molecule has 6 N–H and O–H groups in total. The van der Waals surface area contributed by atoms with Crippen LogP contribution in [0.2, 0.25) is 0 Å². The fourth-order valence-corrected chi connectivity index (χ4v) is 14.9. The fourth-order valence-electron chi connectivity index (χ4n) is 14.9. The van der Waals surface area contributed by atoms with Crippen LogP contribution in [0.3, 0.4) is 0 Å². The van der Waals surface area contributed by atoms with Crippen molar-refractivity contribution in [2.45, 2.75) is 72.6 Å². The van der Waals surface area contributed by atoms with Crippen LogP contribution < -0.4 is 41.4 Å². The van der Waals surface area contributed by atoms with Crippen molar-refractivity contribution in [3.05, 3.63) is 456 Å². The smallest absolute Gasteiger partial charge is 0.228 e. The number of fused-ring (bicyclic) bond motifs is 6. The van der Waals surface area contributed by atoms with E-state index in [0.717, 1.165) is 131 Å². The molecule has 13 heteroatoms. The summed E-state index contributed by atoms with van der Waals surface area (Å²) in [6, 6.07) is 133. The van der Waals surface area contributed by atoms with Crippen LogP contribution in [0.1, 0.15) is 62.6 Å².